The SMILES string of the molecule is CC#CCOc1ccc(S(=O)(=O)N(C)[C@@H](C(=O)NO)c2ccc(OCCNC)cc2)cc1. The fourth-order valence-corrected chi connectivity index (χ4v) is 4.12. The lowest BCUT2D eigenvalue weighted by molar-refractivity contribution is -0.133. The summed E-state index contributed by atoms with van der Waals surface area (Å²) in [5.41, 5.74) is 1.91. The average Bonchev–Trinajstić information content (AvgIpc) is 2.80. The van der Waals surface area contributed by atoms with Crippen LogP contribution in [-0.2, 0) is 14.8 Å². The standard InChI is InChI=1S/C22H27N3O6S/c1-4-5-15-30-19-10-12-20(13-11-19)32(28,29)25(3)21(22(26)24-27)17-6-8-18(9-7-17)31-16-14-23-2/h6-13,21,23,27H,14-16H2,1-3H3,(H,24,26)/t21-/m1/s1. The van der Waals surface area contributed by atoms with E-state index in [2.05, 4.69) is 17.2 Å². The van der Waals surface area contributed by atoms with E-state index >= 15 is 0 Å². The number of nitrogens with zero attached hydrogens (tertiary/aromatic N) is 1. The highest BCUT2D eigenvalue weighted by molar-refractivity contribution is 7.89. The van der Waals surface area contributed by atoms with Gasteiger partial charge in [-0.15, -0.1) is 5.92 Å². The number of benzene rings is 2. The highest BCUT2D eigenvalue weighted by Crippen LogP contribution is 2.28. The molecule has 0 saturated heterocycles. The van der Waals surface area contributed by atoms with Crippen LogP contribution in [0.25, 0.3) is 0 Å². The van der Waals surface area contributed by atoms with E-state index in [1.807, 2.05) is 7.05 Å². The molecule has 0 aliphatic heterocycles. The molecule has 2 aromatic rings. The van der Waals surface area contributed by atoms with Crippen molar-refractivity contribution < 1.29 is 27.9 Å². The Balaban J connectivity index is 2.26. The highest BCUT2D eigenvalue weighted by Gasteiger charge is 2.34. The molecule has 0 aliphatic rings. The van der Waals surface area contributed by atoms with Gasteiger partial charge in [0.15, 0.2) is 0 Å². The zero-order chi connectivity index (χ0) is 23.6. The second-order valence-electron chi connectivity index (χ2n) is 6.61. The van der Waals surface area contributed by atoms with Crippen LogP contribution in [0.5, 0.6) is 11.5 Å². The van der Waals surface area contributed by atoms with Crippen molar-refractivity contribution in [1.29, 1.82) is 0 Å². The Morgan fingerprint density at radius 1 is 1.09 bits per heavy atom. The summed E-state index contributed by atoms with van der Waals surface area (Å²) < 4.78 is 38.1. The van der Waals surface area contributed by atoms with Crippen LogP contribution in [-0.4, -0.2) is 57.7 Å². The summed E-state index contributed by atoms with van der Waals surface area (Å²) in [5, 5.41) is 12.2. The van der Waals surface area contributed by atoms with Crippen molar-refractivity contribution in [3.8, 4) is 23.3 Å². The number of likely N-dealkylation sites (N-methyl/N-ethyl adjacent to an activating group) is 2. The molecule has 0 radical (unpaired) electrons. The Morgan fingerprint density at radius 3 is 2.25 bits per heavy atom. The number of carbonyl (C=O) groups is 1. The molecule has 0 aliphatic carbocycles. The van der Waals surface area contributed by atoms with E-state index in [0.29, 0.717) is 30.2 Å². The minimum Gasteiger partial charge on any atom is -0.492 e. The van der Waals surface area contributed by atoms with Crippen molar-refractivity contribution in [2.24, 2.45) is 0 Å². The van der Waals surface area contributed by atoms with Gasteiger partial charge in [0.05, 0.1) is 4.90 Å². The van der Waals surface area contributed by atoms with E-state index in [1.165, 1.54) is 31.3 Å². The molecule has 10 heteroatoms. The van der Waals surface area contributed by atoms with Gasteiger partial charge in [-0.3, -0.25) is 10.0 Å². The van der Waals surface area contributed by atoms with Crippen molar-refractivity contribution in [1.82, 2.24) is 15.1 Å². The van der Waals surface area contributed by atoms with E-state index in [1.54, 1.807) is 36.7 Å². The first-order chi connectivity index (χ1) is 15.3. The summed E-state index contributed by atoms with van der Waals surface area (Å²) >= 11 is 0. The molecule has 1 atom stereocenters. The van der Waals surface area contributed by atoms with Crippen LogP contribution in [0, 0.1) is 11.8 Å². The summed E-state index contributed by atoms with van der Waals surface area (Å²) in [6.45, 7) is 3.00. The molecule has 9 nitrogen and oxygen atoms in total. The predicted molar refractivity (Wildman–Crippen MR) is 119 cm³/mol. The summed E-state index contributed by atoms with van der Waals surface area (Å²) in [6.07, 6.45) is 0. The van der Waals surface area contributed by atoms with Crippen LogP contribution in [0.2, 0.25) is 0 Å². The molecule has 2 aromatic carbocycles. The first-order valence-corrected chi connectivity index (χ1v) is 11.2. The Labute approximate surface area is 188 Å². The first-order valence-electron chi connectivity index (χ1n) is 9.77. The van der Waals surface area contributed by atoms with E-state index in [4.69, 9.17) is 9.47 Å². The van der Waals surface area contributed by atoms with Crippen LogP contribution in [0.3, 0.4) is 0 Å². The zero-order valence-electron chi connectivity index (χ0n) is 18.2. The maximum atomic E-state index is 13.1. The van der Waals surface area contributed by atoms with Gasteiger partial charge < -0.3 is 14.8 Å². The number of sulfonamides is 1. The van der Waals surface area contributed by atoms with Crippen LogP contribution >= 0.6 is 0 Å². The van der Waals surface area contributed by atoms with Crippen LogP contribution < -0.4 is 20.3 Å². The number of carbonyl (C=O) groups excluding carboxylic acids is 1. The molecular weight excluding hydrogens is 434 g/mol. The molecule has 0 bridgehead atoms. The first kappa shape index (κ1) is 25.2. The normalized spacial score (nSPS) is 11.9. The number of ether oxygens (including phenoxy) is 2. The number of nitrogens with one attached hydrogen (secondary N) is 2. The van der Waals surface area contributed by atoms with Gasteiger partial charge in [0.1, 0.15) is 30.8 Å². The number of rotatable bonds is 11. The van der Waals surface area contributed by atoms with Crippen molar-refractivity contribution in [2.75, 3.05) is 33.9 Å². The van der Waals surface area contributed by atoms with Crippen LogP contribution in [0.4, 0.5) is 0 Å². The molecule has 0 unspecified atom stereocenters. The summed E-state index contributed by atoms with van der Waals surface area (Å²) in [6, 6.07) is 10.9. The number of amides is 1. The molecule has 1 amide bonds. The van der Waals surface area contributed by atoms with Gasteiger partial charge in [0.2, 0.25) is 10.0 Å². The highest BCUT2D eigenvalue weighted by atomic mass is 32.2. The van der Waals surface area contributed by atoms with Crippen LogP contribution in [0.1, 0.15) is 18.5 Å². The minimum atomic E-state index is -4.07. The third-order valence-corrected chi connectivity index (χ3v) is 6.36. The fourth-order valence-electron chi connectivity index (χ4n) is 2.81. The molecule has 2 rings (SSSR count). The van der Waals surface area contributed by atoms with Crippen molar-refractivity contribution in [2.45, 2.75) is 17.9 Å². The zero-order valence-corrected chi connectivity index (χ0v) is 19.0. The lowest BCUT2D eigenvalue weighted by Gasteiger charge is -2.26. The summed E-state index contributed by atoms with van der Waals surface area (Å²) in [5.74, 6) is 5.60. The van der Waals surface area contributed by atoms with Gasteiger partial charge in [0.25, 0.3) is 5.91 Å². The third kappa shape index (κ3) is 6.45. The topological polar surface area (TPSA) is 117 Å². The lowest BCUT2D eigenvalue weighted by Crippen LogP contribution is -2.40. The van der Waals surface area contributed by atoms with Gasteiger partial charge >= 0.3 is 0 Å². The number of hydroxylamine groups is 1. The Bertz CT molecular complexity index is 1040. The third-order valence-electron chi connectivity index (χ3n) is 4.53. The summed E-state index contributed by atoms with van der Waals surface area (Å²) in [7, 11) is -0.993. The molecular formula is C22H27N3O6S. The Kier molecular flexibility index (Phi) is 9.49. The predicted octanol–water partition coefficient (Wildman–Crippen LogP) is 1.55. The second kappa shape index (κ2) is 12.1. The van der Waals surface area contributed by atoms with Gasteiger partial charge in [-0.2, -0.15) is 4.31 Å². The van der Waals surface area contributed by atoms with Crippen LogP contribution in [0.15, 0.2) is 53.4 Å². The smallest absolute Gasteiger partial charge is 0.266 e. The molecule has 172 valence electrons. The van der Waals surface area contributed by atoms with E-state index in [9.17, 15) is 18.4 Å². The van der Waals surface area contributed by atoms with E-state index in [0.717, 1.165) is 4.31 Å². The van der Waals surface area contributed by atoms with E-state index in [-0.39, 0.29) is 11.5 Å². The maximum absolute atomic E-state index is 13.1. The molecule has 0 fully saturated rings. The molecule has 32 heavy (non-hydrogen) atoms. The molecule has 3 N–H and O–H groups in total. The number of hydrogen-bond acceptors (Lipinski definition) is 7. The molecule has 0 heterocycles. The average molecular weight is 462 g/mol. The maximum Gasteiger partial charge on any atom is 0.266 e. The van der Waals surface area contributed by atoms with Gasteiger partial charge in [0, 0.05) is 13.6 Å². The summed E-state index contributed by atoms with van der Waals surface area (Å²) in [4.78, 5) is 12.4. The Hall–Kier alpha value is -3.10. The lowest BCUT2D eigenvalue weighted by atomic mass is 10.1. The second-order valence-corrected chi connectivity index (χ2v) is 8.61. The molecule has 0 saturated carbocycles. The van der Waals surface area contributed by atoms with Crippen molar-refractivity contribution in [3.63, 3.8) is 0 Å². The van der Waals surface area contributed by atoms with Gasteiger partial charge in [-0.05, 0) is 55.9 Å². The number of hydrogen-bond donors (Lipinski definition) is 3. The quantitative estimate of drug-likeness (QED) is 0.201. The minimum absolute atomic E-state index is 0.0308. The monoisotopic (exact) mass is 461 g/mol. The molecule has 0 spiro atoms. The molecule has 0 aromatic heterocycles. The van der Waals surface area contributed by atoms with Gasteiger partial charge in [-0.1, -0.05) is 18.1 Å². The van der Waals surface area contributed by atoms with Gasteiger partial charge in [-0.25, -0.2) is 13.9 Å². The van der Waals surface area contributed by atoms with Crippen molar-refractivity contribution >= 4 is 15.9 Å². The Morgan fingerprint density at radius 2 is 1.69 bits per heavy atom. The van der Waals surface area contributed by atoms with E-state index < -0.39 is 22.0 Å². The largest absolute Gasteiger partial charge is 0.492 e. The fraction of sp³-hybridized carbons (Fsp3) is 0.318. The van der Waals surface area contributed by atoms with Crippen molar-refractivity contribution in [3.05, 3.63) is 54.1 Å².